The molecule has 0 aliphatic carbocycles. The van der Waals surface area contributed by atoms with Crippen molar-refractivity contribution in [2.24, 2.45) is 11.7 Å². The average molecular weight is 291 g/mol. The van der Waals surface area contributed by atoms with E-state index in [0.29, 0.717) is 0 Å². The van der Waals surface area contributed by atoms with Gasteiger partial charge in [0.15, 0.2) is 0 Å². The second-order valence-corrected chi connectivity index (χ2v) is 6.83. The number of nitrogens with two attached hydrogens (primary N) is 1. The molecule has 0 amide bonds. The molecule has 1 aromatic carbocycles. The summed E-state index contributed by atoms with van der Waals surface area (Å²) in [5.41, 5.74) is 7.93. The highest BCUT2D eigenvalue weighted by Crippen LogP contribution is 2.32. The van der Waals surface area contributed by atoms with Crippen molar-refractivity contribution in [3.63, 3.8) is 0 Å². The van der Waals surface area contributed by atoms with Crippen LogP contribution in [0.15, 0.2) is 23.1 Å². The van der Waals surface area contributed by atoms with Crippen molar-refractivity contribution in [2.75, 3.05) is 23.7 Å². The molecule has 2 rings (SSSR count). The van der Waals surface area contributed by atoms with Gasteiger partial charge in [0.1, 0.15) is 5.84 Å². The molecule has 1 saturated heterocycles. The molecule has 1 fully saturated rings. The molecule has 110 valence electrons. The van der Waals surface area contributed by atoms with Gasteiger partial charge in [-0.2, -0.15) is 0 Å². The molecule has 4 heteroatoms. The fraction of sp³-hybridized carbons (Fsp3) is 0.562. The van der Waals surface area contributed by atoms with E-state index in [0.717, 1.165) is 40.9 Å². The van der Waals surface area contributed by atoms with Crippen LogP contribution >= 0.6 is 11.8 Å². The Kier molecular flexibility index (Phi) is 5.35. The van der Waals surface area contributed by atoms with Crippen LogP contribution in [0, 0.1) is 11.3 Å². The molecule has 1 aliphatic rings. The third-order valence-electron chi connectivity index (χ3n) is 3.93. The molecular formula is C16H25N3S. The van der Waals surface area contributed by atoms with Crippen LogP contribution in [0.5, 0.6) is 0 Å². The first-order valence-electron chi connectivity index (χ1n) is 7.48. The number of anilines is 1. The van der Waals surface area contributed by atoms with Crippen LogP contribution < -0.4 is 10.6 Å². The maximum absolute atomic E-state index is 7.95. The molecule has 3 N–H and O–H groups in total. The molecule has 0 radical (unpaired) electrons. The third kappa shape index (κ3) is 3.48. The zero-order chi connectivity index (χ0) is 14.5. The zero-order valence-electron chi connectivity index (χ0n) is 12.5. The predicted molar refractivity (Wildman–Crippen MR) is 89.1 cm³/mol. The number of hydrogen-bond donors (Lipinski definition) is 2. The van der Waals surface area contributed by atoms with Gasteiger partial charge in [-0.15, -0.1) is 11.8 Å². The zero-order valence-corrected chi connectivity index (χ0v) is 13.3. The summed E-state index contributed by atoms with van der Waals surface area (Å²) in [7, 11) is 0. The van der Waals surface area contributed by atoms with Crippen LogP contribution in [0.4, 0.5) is 5.69 Å². The first-order valence-corrected chi connectivity index (χ1v) is 8.47. The maximum atomic E-state index is 7.95. The standard InChI is InChI=1S/C16H25N3S/c1-3-20-14-8-4-7-13(15(14)16(17)18)19-10-5-6-12(2)9-11-19/h4,7-8,12H,3,5-6,9-11H2,1-2H3,(H3,17,18). The monoisotopic (exact) mass is 291 g/mol. The maximum Gasteiger partial charge on any atom is 0.126 e. The van der Waals surface area contributed by atoms with E-state index in [4.69, 9.17) is 11.1 Å². The van der Waals surface area contributed by atoms with Crippen LogP contribution in [-0.4, -0.2) is 24.7 Å². The van der Waals surface area contributed by atoms with E-state index in [1.54, 1.807) is 11.8 Å². The summed E-state index contributed by atoms with van der Waals surface area (Å²) in [4.78, 5) is 3.55. The number of amidine groups is 1. The molecule has 1 unspecified atom stereocenters. The normalized spacial score (nSPS) is 19.7. The molecule has 0 spiro atoms. The molecule has 3 nitrogen and oxygen atoms in total. The summed E-state index contributed by atoms with van der Waals surface area (Å²) in [6, 6.07) is 6.29. The highest BCUT2D eigenvalue weighted by Gasteiger charge is 2.19. The summed E-state index contributed by atoms with van der Waals surface area (Å²) in [5, 5.41) is 7.95. The van der Waals surface area contributed by atoms with Gasteiger partial charge < -0.3 is 10.6 Å². The van der Waals surface area contributed by atoms with E-state index >= 15 is 0 Å². The number of benzene rings is 1. The Morgan fingerprint density at radius 3 is 2.90 bits per heavy atom. The largest absolute Gasteiger partial charge is 0.384 e. The van der Waals surface area contributed by atoms with E-state index in [1.165, 1.54) is 19.3 Å². The smallest absolute Gasteiger partial charge is 0.126 e. The summed E-state index contributed by atoms with van der Waals surface area (Å²) in [6.07, 6.45) is 3.75. The molecule has 1 atom stereocenters. The van der Waals surface area contributed by atoms with Crippen molar-refractivity contribution in [3.05, 3.63) is 23.8 Å². The second-order valence-electron chi connectivity index (χ2n) is 5.52. The van der Waals surface area contributed by atoms with Gasteiger partial charge >= 0.3 is 0 Å². The highest BCUT2D eigenvalue weighted by molar-refractivity contribution is 7.99. The molecule has 0 aromatic heterocycles. The Labute approximate surface area is 126 Å². The van der Waals surface area contributed by atoms with Crippen molar-refractivity contribution in [1.29, 1.82) is 5.41 Å². The lowest BCUT2D eigenvalue weighted by molar-refractivity contribution is 0.521. The van der Waals surface area contributed by atoms with Crippen molar-refractivity contribution in [3.8, 4) is 0 Å². The highest BCUT2D eigenvalue weighted by atomic mass is 32.2. The van der Waals surface area contributed by atoms with E-state index in [1.807, 2.05) is 0 Å². The minimum absolute atomic E-state index is 0.189. The van der Waals surface area contributed by atoms with Crippen LogP contribution in [-0.2, 0) is 0 Å². The Morgan fingerprint density at radius 1 is 1.40 bits per heavy atom. The Balaban J connectivity index is 2.34. The van der Waals surface area contributed by atoms with Crippen molar-refractivity contribution in [2.45, 2.75) is 38.0 Å². The SMILES string of the molecule is CCSc1cccc(N2CCCC(C)CC2)c1C(=N)N. The summed E-state index contributed by atoms with van der Waals surface area (Å²) in [6.45, 7) is 6.61. The van der Waals surface area contributed by atoms with E-state index in [-0.39, 0.29) is 5.84 Å². The average Bonchev–Trinajstić information content (AvgIpc) is 2.63. The molecule has 1 aromatic rings. The summed E-state index contributed by atoms with van der Waals surface area (Å²) in [5.74, 6) is 1.99. The van der Waals surface area contributed by atoms with Gasteiger partial charge in [0.2, 0.25) is 0 Å². The van der Waals surface area contributed by atoms with Gasteiger partial charge in [0.25, 0.3) is 0 Å². The minimum Gasteiger partial charge on any atom is -0.384 e. The van der Waals surface area contributed by atoms with Crippen LogP contribution in [0.25, 0.3) is 0 Å². The lowest BCUT2D eigenvalue weighted by atomic mass is 10.0. The number of hydrogen-bond acceptors (Lipinski definition) is 3. The van der Waals surface area contributed by atoms with Crippen LogP contribution in [0.2, 0.25) is 0 Å². The van der Waals surface area contributed by atoms with E-state index in [2.05, 4.69) is 36.9 Å². The van der Waals surface area contributed by atoms with E-state index < -0.39 is 0 Å². The molecule has 0 saturated carbocycles. The molecular weight excluding hydrogens is 266 g/mol. The molecule has 20 heavy (non-hydrogen) atoms. The lowest BCUT2D eigenvalue weighted by Crippen LogP contribution is -2.28. The Morgan fingerprint density at radius 2 is 2.20 bits per heavy atom. The third-order valence-corrected chi connectivity index (χ3v) is 4.87. The van der Waals surface area contributed by atoms with Crippen LogP contribution in [0.3, 0.4) is 0 Å². The van der Waals surface area contributed by atoms with E-state index in [9.17, 15) is 0 Å². The second kappa shape index (κ2) is 7.02. The van der Waals surface area contributed by atoms with Gasteiger partial charge in [0.05, 0.1) is 5.56 Å². The number of rotatable bonds is 4. The van der Waals surface area contributed by atoms with Crippen molar-refractivity contribution < 1.29 is 0 Å². The van der Waals surface area contributed by atoms with Gasteiger partial charge in [-0.25, -0.2) is 0 Å². The van der Waals surface area contributed by atoms with Gasteiger partial charge in [-0.05, 0) is 43.1 Å². The topological polar surface area (TPSA) is 53.1 Å². The quantitative estimate of drug-likeness (QED) is 0.505. The Hall–Kier alpha value is -1.16. The molecule has 1 aliphatic heterocycles. The van der Waals surface area contributed by atoms with Gasteiger partial charge in [-0.1, -0.05) is 19.9 Å². The van der Waals surface area contributed by atoms with Gasteiger partial charge in [0, 0.05) is 23.7 Å². The number of nitrogens with one attached hydrogen (secondary N) is 1. The van der Waals surface area contributed by atoms with Crippen molar-refractivity contribution in [1.82, 2.24) is 0 Å². The fourth-order valence-corrected chi connectivity index (χ4v) is 3.68. The number of nitrogens with zero attached hydrogens (tertiary/aromatic N) is 1. The van der Waals surface area contributed by atoms with Crippen molar-refractivity contribution >= 4 is 23.3 Å². The molecule has 1 heterocycles. The van der Waals surface area contributed by atoms with Crippen LogP contribution in [0.1, 0.15) is 38.7 Å². The summed E-state index contributed by atoms with van der Waals surface area (Å²) < 4.78 is 0. The first-order chi connectivity index (χ1) is 9.63. The fourth-order valence-electron chi connectivity index (χ4n) is 2.83. The predicted octanol–water partition coefficient (Wildman–Crippen LogP) is 3.71. The van der Waals surface area contributed by atoms with Gasteiger partial charge in [-0.3, -0.25) is 5.41 Å². The molecule has 0 bridgehead atoms. The number of thioether (sulfide) groups is 1. The first kappa shape index (κ1) is 15.2. The minimum atomic E-state index is 0.189. The Bertz CT molecular complexity index is 473. The lowest BCUT2D eigenvalue weighted by Gasteiger charge is -2.26. The summed E-state index contributed by atoms with van der Waals surface area (Å²) >= 11 is 1.77. The number of nitrogen functional groups attached to an aromatic ring is 1.